The van der Waals surface area contributed by atoms with Crippen LogP contribution in [-0.2, 0) is 6.54 Å². The summed E-state index contributed by atoms with van der Waals surface area (Å²) in [5.74, 6) is 0.963. The number of hydrogen-bond donors (Lipinski definition) is 1. The lowest BCUT2D eigenvalue weighted by molar-refractivity contribution is 0.151. The van der Waals surface area contributed by atoms with E-state index in [9.17, 15) is 0 Å². The van der Waals surface area contributed by atoms with Gasteiger partial charge >= 0.3 is 0 Å². The molecule has 0 amide bonds. The Labute approximate surface area is 104 Å². The summed E-state index contributed by atoms with van der Waals surface area (Å²) < 4.78 is 5.50. The quantitative estimate of drug-likeness (QED) is 0.847. The first-order valence-corrected chi connectivity index (χ1v) is 6.58. The van der Waals surface area contributed by atoms with E-state index in [1.54, 1.807) is 0 Å². The molecular weight excluding hydrogens is 212 g/mol. The molecule has 0 aromatic heterocycles. The monoisotopic (exact) mass is 234 g/mol. The number of nitrogens with zero attached hydrogens (tertiary/aromatic N) is 1. The van der Waals surface area contributed by atoms with Gasteiger partial charge in [-0.2, -0.15) is 0 Å². The van der Waals surface area contributed by atoms with Crippen LogP contribution in [-0.4, -0.2) is 24.7 Å². The zero-order chi connectivity index (χ0) is 11.9. The fraction of sp³-hybridized carbons (Fsp3) is 0.571. The first-order valence-electron chi connectivity index (χ1n) is 6.58. The second kappa shape index (κ2) is 6.62. The number of ether oxygens (including phenoxy) is 1. The van der Waals surface area contributed by atoms with Crippen LogP contribution in [0.1, 0.15) is 31.7 Å². The second-order valence-corrected chi connectivity index (χ2v) is 4.46. The highest BCUT2D eigenvalue weighted by Gasteiger charge is 2.08. The lowest BCUT2D eigenvalue weighted by Gasteiger charge is -2.27. The maximum absolute atomic E-state index is 5.50. The predicted octanol–water partition coefficient (Wildman–Crippen LogP) is 2.58. The van der Waals surface area contributed by atoms with Gasteiger partial charge in [0.15, 0.2) is 0 Å². The van der Waals surface area contributed by atoms with Gasteiger partial charge in [0, 0.05) is 19.6 Å². The van der Waals surface area contributed by atoms with Gasteiger partial charge in [0.2, 0.25) is 0 Å². The third-order valence-electron chi connectivity index (χ3n) is 3.07. The zero-order valence-corrected chi connectivity index (χ0v) is 10.6. The van der Waals surface area contributed by atoms with E-state index in [2.05, 4.69) is 28.6 Å². The van der Waals surface area contributed by atoms with Gasteiger partial charge in [-0.3, -0.25) is 5.43 Å². The van der Waals surface area contributed by atoms with Crippen molar-refractivity contribution in [3.05, 3.63) is 29.8 Å². The molecule has 0 spiro atoms. The number of benzene rings is 1. The second-order valence-electron chi connectivity index (χ2n) is 4.46. The molecule has 3 heteroatoms. The van der Waals surface area contributed by atoms with Gasteiger partial charge in [0.05, 0.1) is 6.61 Å². The number of nitrogens with one attached hydrogen (secondary N) is 1. The zero-order valence-electron chi connectivity index (χ0n) is 10.6. The van der Waals surface area contributed by atoms with E-state index in [-0.39, 0.29) is 0 Å². The van der Waals surface area contributed by atoms with E-state index in [0.29, 0.717) is 0 Å². The smallest absolute Gasteiger partial charge is 0.119 e. The van der Waals surface area contributed by atoms with Gasteiger partial charge in [0.25, 0.3) is 0 Å². The molecule has 0 bridgehead atoms. The molecule has 17 heavy (non-hydrogen) atoms. The van der Waals surface area contributed by atoms with E-state index in [0.717, 1.165) is 18.9 Å². The minimum Gasteiger partial charge on any atom is -0.494 e. The largest absolute Gasteiger partial charge is 0.494 e. The van der Waals surface area contributed by atoms with Gasteiger partial charge in [0.1, 0.15) is 5.75 Å². The molecule has 1 heterocycles. The molecule has 0 saturated carbocycles. The predicted molar refractivity (Wildman–Crippen MR) is 69.9 cm³/mol. The van der Waals surface area contributed by atoms with Gasteiger partial charge < -0.3 is 4.74 Å². The summed E-state index contributed by atoms with van der Waals surface area (Å²) in [5, 5.41) is 2.33. The minimum atomic E-state index is 0.725. The molecule has 0 aliphatic carbocycles. The van der Waals surface area contributed by atoms with E-state index < -0.39 is 0 Å². The maximum atomic E-state index is 5.50. The molecule has 1 aliphatic heterocycles. The molecule has 0 unspecified atom stereocenters. The highest BCUT2D eigenvalue weighted by molar-refractivity contribution is 5.28. The molecule has 0 atom stereocenters. The van der Waals surface area contributed by atoms with Gasteiger partial charge in [-0.05, 0) is 37.5 Å². The van der Waals surface area contributed by atoms with Crippen LogP contribution in [0.4, 0.5) is 0 Å². The first-order chi connectivity index (χ1) is 8.38. The van der Waals surface area contributed by atoms with Crippen LogP contribution in [0.25, 0.3) is 0 Å². The van der Waals surface area contributed by atoms with Crippen molar-refractivity contribution in [1.82, 2.24) is 10.4 Å². The topological polar surface area (TPSA) is 24.5 Å². The summed E-state index contributed by atoms with van der Waals surface area (Å²) in [6.45, 7) is 5.97. The van der Waals surface area contributed by atoms with E-state index in [1.165, 1.54) is 37.9 Å². The Morgan fingerprint density at radius 1 is 1.24 bits per heavy atom. The summed E-state index contributed by atoms with van der Waals surface area (Å²) in [6, 6.07) is 8.31. The lowest BCUT2D eigenvalue weighted by Crippen LogP contribution is -2.41. The summed E-state index contributed by atoms with van der Waals surface area (Å²) in [6.07, 6.45) is 4.00. The van der Waals surface area contributed by atoms with Crippen LogP contribution in [0, 0.1) is 0 Å². The van der Waals surface area contributed by atoms with Crippen molar-refractivity contribution in [3.63, 3.8) is 0 Å². The molecule has 1 aromatic carbocycles. The van der Waals surface area contributed by atoms with Crippen LogP contribution in [0.2, 0.25) is 0 Å². The third-order valence-corrected chi connectivity index (χ3v) is 3.07. The first kappa shape index (κ1) is 12.4. The molecular formula is C14H22N2O. The molecule has 1 N–H and O–H groups in total. The summed E-state index contributed by atoms with van der Waals surface area (Å²) in [7, 11) is 0. The van der Waals surface area contributed by atoms with Crippen molar-refractivity contribution < 1.29 is 4.74 Å². The Balaban J connectivity index is 1.83. The number of piperidine rings is 1. The van der Waals surface area contributed by atoms with E-state index in [4.69, 9.17) is 4.74 Å². The van der Waals surface area contributed by atoms with Crippen molar-refractivity contribution >= 4 is 0 Å². The number of hydrazine groups is 1. The molecule has 94 valence electrons. The SMILES string of the molecule is CCOc1cccc(CNN2CCCCC2)c1. The van der Waals surface area contributed by atoms with E-state index >= 15 is 0 Å². The Morgan fingerprint density at radius 2 is 2.06 bits per heavy atom. The maximum Gasteiger partial charge on any atom is 0.119 e. The Kier molecular flexibility index (Phi) is 4.83. The Bertz CT molecular complexity index is 335. The van der Waals surface area contributed by atoms with Crippen molar-refractivity contribution in [2.75, 3.05) is 19.7 Å². The molecule has 0 radical (unpaired) electrons. The van der Waals surface area contributed by atoms with Crippen LogP contribution in [0.3, 0.4) is 0 Å². The molecule has 2 rings (SSSR count). The lowest BCUT2D eigenvalue weighted by atomic mass is 10.2. The average molecular weight is 234 g/mol. The Hall–Kier alpha value is -1.06. The third kappa shape index (κ3) is 4.02. The van der Waals surface area contributed by atoms with Crippen molar-refractivity contribution in [2.24, 2.45) is 0 Å². The molecule has 1 fully saturated rings. The van der Waals surface area contributed by atoms with Crippen LogP contribution in [0.15, 0.2) is 24.3 Å². The summed E-state index contributed by atoms with van der Waals surface area (Å²) in [5.41, 5.74) is 4.76. The normalized spacial score (nSPS) is 17.0. The molecule has 1 aliphatic rings. The van der Waals surface area contributed by atoms with Crippen LogP contribution >= 0.6 is 0 Å². The van der Waals surface area contributed by atoms with Gasteiger partial charge in [-0.15, -0.1) is 0 Å². The van der Waals surface area contributed by atoms with Gasteiger partial charge in [-0.1, -0.05) is 18.6 Å². The highest BCUT2D eigenvalue weighted by atomic mass is 16.5. The fourth-order valence-electron chi connectivity index (χ4n) is 2.17. The van der Waals surface area contributed by atoms with Crippen molar-refractivity contribution in [2.45, 2.75) is 32.7 Å². The fourth-order valence-corrected chi connectivity index (χ4v) is 2.17. The van der Waals surface area contributed by atoms with E-state index in [1.807, 2.05) is 13.0 Å². The summed E-state index contributed by atoms with van der Waals surface area (Å²) in [4.78, 5) is 0. The molecule has 1 saturated heterocycles. The number of hydrogen-bond acceptors (Lipinski definition) is 3. The average Bonchev–Trinajstić information content (AvgIpc) is 2.39. The highest BCUT2D eigenvalue weighted by Crippen LogP contribution is 2.13. The molecule has 3 nitrogen and oxygen atoms in total. The minimum absolute atomic E-state index is 0.725. The van der Waals surface area contributed by atoms with Crippen molar-refractivity contribution in [3.8, 4) is 5.75 Å². The van der Waals surface area contributed by atoms with Gasteiger partial charge in [-0.25, -0.2) is 5.01 Å². The van der Waals surface area contributed by atoms with Crippen molar-refractivity contribution in [1.29, 1.82) is 0 Å². The Morgan fingerprint density at radius 3 is 2.82 bits per heavy atom. The standard InChI is InChI=1S/C14H22N2O/c1-2-17-14-8-6-7-13(11-14)12-15-16-9-4-3-5-10-16/h6-8,11,15H,2-5,9-10,12H2,1H3. The number of rotatable bonds is 5. The summed E-state index contributed by atoms with van der Waals surface area (Å²) >= 11 is 0. The van der Waals surface area contributed by atoms with Crippen LogP contribution in [0.5, 0.6) is 5.75 Å². The van der Waals surface area contributed by atoms with Crippen LogP contribution < -0.4 is 10.2 Å². The molecule has 1 aromatic rings.